The van der Waals surface area contributed by atoms with E-state index in [9.17, 15) is 13.6 Å². The number of ether oxygens (including phenoxy) is 1. The monoisotopic (exact) mass is 377 g/mol. The molecule has 1 aliphatic rings. The first kappa shape index (κ1) is 19.0. The topological polar surface area (TPSA) is 38.3 Å². The van der Waals surface area contributed by atoms with Crippen LogP contribution in [0.25, 0.3) is 0 Å². The quantitative estimate of drug-likeness (QED) is 0.787. The summed E-state index contributed by atoms with van der Waals surface area (Å²) in [7, 11) is 0. The van der Waals surface area contributed by atoms with Crippen molar-refractivity contribution in [2.24, 2.45) is 0 Å². The summed E-state index contributed by atoms with van der Waals surface area (Å²) in [6.45, 7) is 6.37. The molecule has 0 saturated carbocycles. The smallest absolute Gasteiger partial charge is 0.293 e. The van der Waals surface area contributed by atoms with Gasteiger partial charge in [0.15, 0.2) is 0 Å². The maximum atomic E-state index is 13.6. The van der Waals surface area contributed by atoms with Crippen LogP contribution >= 0.6 is 15.9 Å². The minimum Gasteiger partial charge on any atom is -0.462 e. The number of hydrogen-bond acceptors (Lipinski definition) is 3. The Kier molecular flexibility index (Phi) is 6.94. The van der Waals surface area contributed by atoms with Gasteiger partial charge in [-0.15, -0.1) is 0 Å². The van der Waals surface area contributed by atoms with E-state index in [-0.39, 0.29) is 12.1 Å². The molecular weight excluding hydrogens is 356 g/mol. The van der Waals surface area contributed by atoms with Crippen molar-refractivity contribution in [3.8, 4) is 0 Å². The fourth-order valence-corrected chi connectivity index (χ4v) is 2.35. The molecule has 0 aliphatic carbocycles. The van der Waals surface area contributed by atoms with Crippen LogP contribution in [0, 0.1) is 0 Å². The van der Waals surface area contributed by atoms with Crippen LogP contribution in [0.15, 0.2) is 28.7 Å². The van der Waals surface area contributed by atoms with E-state index in [0.29, 0.717) is 19.4 Å². The number of nitrogens with one attached hydrogen (secondary N) is 1. The molecule has 0 aromatic heterocycles. The standard InChI is InChI=1S/C11H12BrF2N.C5H10O2/c12-9-3-1-8(2-4-9)10-5-6-15-7-11(10,13)14;1-5(2,3)7-4-6/h1-4,10,15H,5-7H2;4H,1-3H3. The molecule has 6 heteroatoms. The number of piperidine rings is 1. The van der Waals surface area contributed by atoms with Crippen molar-refractivity contribution >= 4 is 22.4 Å². The second kappa shape index (κ2) is 8.02. The molecule has 2 rings (SSSR count). The fourth-order valence-electron chi connectivity index (χ4n) is 2.09. The Morgan fingerprint density at radius 1 is 1.32 bits per heavy atom. The van der Waals surface area contributed by atoms with Gasteiger partial charge in [0.25, 0.3) is 12.4 Å². The van der Waals surface area contributed by atoms with E-state index in [4.69, 9.17) is 0 Å². The maximum absolute atomic E-state index is 13.6. The Balaban J connectivity index is 0.000000295. The van der Waals surface area contributed by atoms with Crippen LogP contribution in [0.3, 0.4) is 0 Å². The SMILES string of the molecule is CC(C)(C)OC=O.FC1(F)CNCCC1c1ccc(Br)cc1. The predicted octanol–water partition coefficient (Wildman–Crippen LogP) is 4.12. The normalized spacial score (nSPS) is 20.5. The lowest BCUT2D eigenvalue weighted by Gasteiger charge is -2.32. The highest BCUT2D eigenvalue weighted by atomic mass is 79.9. The molecule has 1 aliphatic heterocycles. The van der Waals surface area contributed by atoms with Gasteiger partial charge in [-0.25, -0.2) is 8.78 Å². The van der Waals surface area contributed by atoms with Gasteiger partial charge in [-0.2, -0.15) is 0 Å². The van der Waals surface area contributed by atoms with E-state index >= 15 is 0 Å². The minimum atomic E-state index is -2.63. The van der Waals surface area contributed by atoms with Crippen LogP contribution in [0.5, 0.6) is 0 Å². The van der Waals surface area contributed by atoms with Gasteiger partial charge < -0.3 is 10.1 Å². The number of carbonyl (C=O) groups is 1. The average molecular weight is 378 g/mol. The molecular formula is C16H22BrF2NO2. The molecule has 1 unspecified atom stereocenters. The molecule has 0 amide bonds. The molecule has 1 N–H and O–H groups in total. The summed E-state index contributed by atoms with van der Waals surface area (Å²) in [5.74, 6) is -3.28. The lowest BCUT2D eigenvalue weighted by molar-refractivity contribution is -0.138. The second-order valence-corrected chi connectivity index (χ2v) is 7.07. The van der Waals surface area contributed by atoms with Crippen LogP contribution in [0.4, 0.5) is 8.78 Å². The van der Waals surface area contributed by atoms with E-state index in [2.05, 4.69) is 26.0 Å². The second-order valence-electron chi connectivity index (χ2n) is 6.16. The molecule has 1 aromatic rings. The fraction of sp³-hybridized carbons (Fsp3) is 0.562. The summed E-state index contributed by atoms with van der Waals surface area (Å²) in [6.07, 6.45) is 0.495. The lowest BCUT2D eigenvalue weighted by Crippen LogP contribution is -2.44. The molecule has 124 valence electrons. The van der Waals surface area contributed by atoms with Crippen molar-refractivity contribution in [1.82, 2.24) is 5.32 Å². The van der Waals surface area contributed by atoms with Crippen molar-refractivity contribution in [1.29, 1.82) is 0 Å². The highest BCUT2D eigenvalue weighted by molar-refractivity contribution is 9.10. The third-order valence-corrected chi connectivity index (χ3v) is 3.68. The summed E-state index contributed by atoms with van der Waals surface area (Å²) < 4.78 is 32.6. The summed E-state index contributed by atoms with van der Waals surface area (Å²) >= 11 is 3.30. The number of halogens is 3. The molecule has 1 aromatic carbocycles. The van der Waals surface area contributed by atoms with Gasteiger partial charge in [-0.1, -0.05) is 28.1 Å². The molecule has 22 heavy (non-hydrogen) atoms. The van der Waals surface area contributed by atoms with E-state index in [0.717, 1.165) is 10.0 Å². The van der Waals surface area contributed by atoms with Gasteiger partial charge in [0.1, 0.15) is 5.60 Å². The van der Waals surface area contributed by atoms with Gasteiger partial charge in [-0.3, -0.25) is 4.79 Å². The lowest BCUT2D eigenvalue weighted by atomic mass is 9.87. The van der Waals surface area contributed by atoms with Crippen LogP contribution in [0.1, 0.15) is 38.7 Å². The van der Waals surface area contributed by atoms with Gasteiger partial charge in [-0.05, 0) is 51.4 Å². The van der Waals surface area contributed by atoms with Gasteiger partial charge in [0.05, 0.1) is 12.5 Å². The number of alkyl halides is 2. The van der Waals surface area contributed by atoms with Crippen molar-refractivity contribution in [3.63, 3.8) is 0 Å². The molecule has 0 bridgehead atoms. The molecule has 0 radical (unpaired) electrons. The Morgan fingerprint density at radius 2 is 1.91 bits per heavy atom. The van der Waals surface area contributed by atoms with Crippen molar-refractivity contribution in [3.05, 3.63) is 34.3 Å². The molecule has 0 spiro atoms. The Morgan fingerprint density at radius 3 is 2.32 bits per heavy atom. The highest BCUT2D eigenvalue weighted by Gasteiger charge is 2.42. The number of rotatable bonds is 2. The van der Waals surface area contributed by atoms with Crippen LogP contribution in [-0.2, 0) is 9.53 Å². The van der Waals surface area contributed by atoms with Crippen LogP contribution in [0.2, 0.25) is 0 Å². The highest BCUT2D eigenvalue weighted by Crippen LogP contribution is 2.37. The van der Waals surface area contributed by atoms with E-state index < -0.39 is 11.8 Å². The third kappa shape index (κ3) is 6.40. The summed E-state index contributed by atoms with van der Waals surface area (Å²) in [5.41, 5.74) is 0.409. The largest absolute Gasteiger partial charge is 0.462 e. The van der Waals surface area contributed by atoms with Gasteiger partial charge >= 0.3 is 0 Å². The zero-order valence-corrected chi connectivity index (χ0v) is 14.6. The van der Waals surface area contributed by atoms with Crippen LogP contribution in [-0.4, -0.2) is 31.1 Å². The van der Waals surface area contributed by atoms with Crippen molar-refractivity contribution in [2.45, 2.75) is 44.6 Å². The molecule has 1 fully saturated rings. The Bertz CT molecular complexity index is 472. The Labute approximate surface area is 138 Å². The molecule has 3 nitrogen and oxygen atoms in total. The summed E-state index contributed by atoms with van der Waals surface area (Å²) in [4.78, 5) is 9.60. The summed E-state index contributed by atoms with van der Waals surface area (Å²) in [6, 6.07) is 7.17. The first-order chi connectivity index (χ1) is 10.2. The number of carbonyl (C=O) groups excluding carboxylic acids is 1. The first-order valence-corrected chi connectivity index (χ1v) is 7.90. The summed E-state index contributed by atoms with van der Waals surface area (Å²) in [5, 5.41) is 2.73. The Hall–Kier alpha value is -1.01. The maximum Gasteiger partial charge on any atom is 0.293 e. The van der Waals surface area contributed by atoms with Crippen LogP contribution < -0.4 is 5.32 Å². The van der Waals surface area contributed by atoms with Crippen molar-refractivity contribution < 1.29 is 18.3 Å². The zero-order chi connectivity index (χ0) is 16.8. The zero-order valence-electron chi connectivity index (χ0n) is 13.0. The van der Waals surface area contributed by atoms with Gasteiger partial charge in [0.2, 0.25) is 0 Å². The third-order valence-electron chi connectivity index (χ3n) is 3.15. The van der Waals surface area contributed by atoms with E-state index in [1.807, 2.05) is 32.9 Å². The van der Waals surface area contributed by atoms with E-state index in [1.165, 1.54) is 0 Å². The minimum absolute atomic E-state index is 0.215. The molecule has 1 atom stereocenters. The molecule has 1 heterocycles. The predicted molar refractivity (Wildman–Crippen MR) is 86.2 cm³/mol. The van der Waals surface area contributed by atoms with Gasteiger partial charge in [0, 0.05) is 4.47 Å². The first-order valence-electron chi connectivity index (χ1n) is 7.11. The number of hydrogen-bond donors (Lipinski definition) is 1. The van der Waals surface area contributed by atoms with Crippen molar-refractivity contribution in [2.75, 3.05) is 13.1 Å². The average Bonchev–Trinajstić information content (AvgIpc) is 2.39. The number of benzene rings is 1. The van der Waals surface area contributed by atoms with E-state index in [1.54, 1.807) is 12.1 Å². The molecule has 1 saturated heterocycles.